The quantitative estimate of drug-likeness (QED) is 0.604. The number of pyridine rings is 1. The van der Waals surface area contributed by atoms with Crippen molar-refractivity contribution in [1.29, 1.82) is 0 Å². The molecule has 4 heteroatoms. The van der Waals surface area contributed by atoms with Gasteiger partial charge in [0.1, 0.15) is 16.6 Å². The van der Waals surface area contributed by atoms with Gasteiger partial charge in [0.15, 0.2) is 0 Å². The number of nitrogens with one attached hydrogen (secondary N) is 1. The summed E-state index contributed by atoms with van der Waals surface area (Å²) in [4.78, 5) is 6.63. The van der Waals surface area contributed by atoms with Crippen molar-refractivity contribution in [3.05, 3.63) is 29.3 Å². The fourth-order valence-corrected chi connectivity index (χ4v) is 1.15. The van der Waals surface area contributed by atoms with Gasteiger partial charge in [0.25, 0.3) is 0 Å². The highest BCUT2D eigenvalue weighted by Crippen LogP contribution is 2.17. The summed E-state index contributed by atoms with van der Waals surface area (Å²) in [6.45, 7) is 0. The van der Waals surface area contributed by atoms with Gasteiger partial charge in [-0.3, -0.25) is 0 Å². The van der Waals surface area contributed by atoms with Crippen LogP contribution >= 0.6 is 11.6 Å². The van der Waals surface area contributed by atoms with Crippen molar-refractivity contribution in [2.45, 2.75) is 0 Å². The molecule has 2 aromatic rings. The Balaban J connectivity index is 2.91. The van der Waals surface area contributed by atoms with Crippen molar-refractivity contribution in [2.75, 3.05) is 0 Å². The van der Waals surface area contributed by atoms with E-state index in [2.05, 4.69) is 9.97 Å². The summed E-state index contributed by atoms with van der Waals surface area (Å²) in [5.74, 6) is -0.346. The summed E-state index contributed by atoms with van der Waals surface area (Å²) in [5, 5.41) is 0.631. The molecule has 0 aliphatic rings. The lowest BCUT2D eigenvalue weighted by molar-refractivity contribution is 0.639. The number of halogens is 2. The van der Waals surface area contributed by atoms with E-state index >= 15 is 0 Å². The third kappa shape index (κ3) is 0.973. The van der Waals surface area contributed by atoms with Gasteiger partial charge < -0.3 is 4.98 Å². The van der Waals surface area contributed by atoms with Crippen molar-refractivity contribution in [3.63, 3.8) is 0 Å². The molecule has 0 atom stereocenters. The van der Waals surface area contributed by atoms with Gasteiger partial charge in [-0.25, -0.2) is 9.37 Å². The lowest BCUT2D eigenvalue weighted by Gasteiger charge is -1.91. The standard InChI is InChI=1S/C7H4ClFN2/c8-6-3-5(9)4-1-2-10-7(4)11-6/h1-3H,(H,10,11). The van der Waals surface area contributed by atoms with Gasteiger partial charge in [0, 0.05) is 12.3 Å². The highest BCUT2D eigenvalue weighted by Gasteiger charge is 2.03. The molecule has 0 spiro atoms. The Morgan fingerprint density at radius 3 is 3.18 bits per heavy atom. The van der Waals surface area contributed by atoms with E-state index in [9.17, 15) is 4.39 Å². The third-order valence-electron chi connectivity index (χ3n) is 1.45. The number of aromatic nitrogens is 2. The monoisotopic (exact) mass is 170 g/mol. The zero-order valence-electron chi connectivity index (χ0n) is 5.44. The topological polar surface area (TPSA) is 28.7 Å². The Morgan fingerprint density at radius 2 is 2.36 bits per heavy atom. The van der Waals surface area contributed by atoms with Gasteiger partial charge in [-0.2, -0.15) is 0 Å². The molecule has 0 saturated heterocycles. The summed E-state index contributed by atoms with van der Waals surface area (Å²) < 4.78 is 12.9. The smallest absolute Gasteiger partial charge is 0.141 e. The number of aromatic amines is 1. The Kier molecular flexibility index (Phi) is 1.32. The Morgan fingerprint density at radius 1 is 1.55 bits per heavy atom. The van der Waals surface area contributed by atoms with Crippen LogP contribution in [0.3, 0.4) is 0 Å². The van der Waals surface area contributed by atoms with Crippen LogP contribution in [0.15, 0.2) is 18.3 Å². The number of nitrogens with zero attached hydrogens (tertiary/aromatic N) is 1. The molecule has 11 heavy (non-hydrogen) atoms. The molecule has 0 unspecified atom stereocenters. The van der Waals surface area contributed by atoms with Gasteiger partial charge in [0.05, 0.1) is 5.39 Å². The summed E-state index contributed by atoms with van der Waals surface area (Å²) in [6.07, 6.45) is 1.62. The summed E-state index contributed by atoms with van der Waals surface area (Å²) >= 11 is 5.51. The molecule has 0 saturated carbocycles. The second-order valence-electron chi connectivity index (χ2n) is 2.17. The van der Waals surface area contributed by atoms with E-state index in [1.54, 1.807) is 12.3 Å². The summed E-state index contributed by atoms with van der Waals surface area (Å²) in [6, 6.07) is 2.81. The van der Waals surface area contributed by atoms with Crippen LogP contribution < -0.4 is 0 Å². The van der Waals surface area contributed by atoms with E-state index in [0.717, 1.165) is 0 Å². The van der Waals surface area contributed by atoms with Gasteiger partial charge in [-0.15, -0.1) is 0 Å². The Labute approximate surface area is 67.0 Å². The Bertz CT molecular complexity index is 396. The SMILES string of the molecule is Fc1cc(Cl)nc2[nH]ccc12. The molecule has 0 amide bonds. The molecule has 0 radical (unpaired) electrons. The fraction of sp³-hybridized carbons (Fsp3) is 0. The van der Waals surface area contributed by atoms with Gasteiger partial charge in [-0.05, 0) is 6.07 Å². The summed E-state index contributed by atoms with van der Waals surface area (Å²) in [7, 11) is 0. The minimum Gasteiger partial charge on any atom is -0.346 e. The first kappa shape index (κ1) is 6.61. The second kappa shape index (κ2) is 2.20. The maximum Gasteiger partial charge on any atom is 0.141 e. The van der Waals surface area contributed by atoms with Crippen LogP contribution in [0.5, 0.6) is 0 Å². The lowest BCUT2D eigenvalue weighted by Crippen LogP contribution is -1.81. The van der Waals surface area contributed by atoms with E-state index in [0.29, 0.717) is 11.0 Å². The minimum atomic E-state index is -0.346. The fourth-order valence-electron chi connectivity index (χ4n) is 0.967. The van der Waals surface area contributed by atoms with Gasteiger partial charge in [-0.1, -0.05) is 11.6 Å². The molecule has 2 heterocycles. The normalized spacial score (nSPS) is 10.7. The molecule has 0 aromatic carbocycles. The van der Waals surface area contributed by atoms with Crippen LogP contribution in [0.25, 0.3) is 11.0 Å². The van der Waals surface area contributed by atoms with E-state index < -0.39 is 0 Å². The number of rotatable bonds is 0. The van der Waals surface area contributed by atoms with Gasteiger partial charge >= 0.3 is 0 Å². The number of hydrogen-bond donors (Lipinski definition) is 1. The molecule has 56 valence electrons. The third-order valence-corrected chi connectivity index (χ3v) is 1.64. The van der Waals surface area contributed by atoms with E-state index in [1.165, 1.54) is 6.07 Å². The number of fused-ring (bicyclic) bond motifs is 1. The van der Waals surface area contributed by atoms with Crippen LogP contribution in [0, 0.1) is 5.82 Å². The second-order valence-corrected chi connectivity index (χ2v) is 2.55. The molecule has 2 aromatic heterocycles. The van der Waals surface area contributed by atoms with Crippen molar-refractivity contribution in [2.24, 2.45) is 0 Å². The average Bonchev–Trinajstić information content (AvgIpc) is 2.34. The minimum absolute atomic E-state index is 0.164. The van der Waals surface area contributed by atoms with Crippen molar-refractivity contribution in [3.8, 4) is 0 Å². The first-order valence-electron chi connectivity index (χ1n) is 3.06. The maximum atomic E-state index is 12.9. The predicted molar refractivity (Wildman–Crippen MR) is 41.1 cm³/mol. The van der Waals surface area contributed by atoms with E-state index in [4.69, 9.17) is 11.6 Å². The predicted octanol–water partition coefficient (Wildman–Crippen LogP) is 2.36. The molecule has 0 fully saturated rings. The van der Waals surface area contributed by atoms with Crippen molar-refractivity contribution < 1.29 is 4.39 Å². The van der Waals surface area contributed by atoms with Crippen LogP contribution in [0.1, 0.15) is 0 Å². The van der Waals surface area contributed by atoms with E-state index in [-0.39, 0.29) is 11.0 Å². The van der Waals surface area contributed by atoms with Crippen LogP contribution in [-0.2, 0) is 0 Å². The first-order chi connectivity index (χ1) is 5.27. The molecule has 2 rings (SSSR count). The van der Waals surface area contributed by atoms with E-state index in [1.807, 2.05) is 0 Å². The first-order valence-corrected chi connectivity index (χ1v) is 3.44. The van der Waals surface area contributed by atoms with Gasteiger partial charge in [0.2, 0.25) is 0 Å². The molecular weight excluding hydrogens is 167 g/mol. The average molecular weight is 171 g/mol. The van der Waals surface area contributed by atoms with Crippen LogP contribution in [0.2, 0.25) is 5.15 Å². The Hall–Kier alpha value is -1.09. The molecule has 0 aliphatic heterocycles. The number of hydrogen-bond acceptors (Lipinski definition) is 1. The number of H-pyrrole nitrogens is 1. The lowest BCUT2D eigenvalue weighted by atomic mass is 10.3. The zero-order chi connectivity index (χ0) is 7.84. The molecule has 0 bridgehead atoms. The zero-order valence-corrected chi connectivity index (χ0v) is 6.19. The highest BCUT2D eigenvalue weighted by molar-refractivity contribution is 6.29. The van der Waals surface area contributed by atoms with Crippen LogP contribution in [0.4, 0.5) is 4.39 Å². The molecule has 0 aliphatic carbocycles. The molecule has 1 N–H and O–H groups in total. The highest BCUT2D eigenvalue weighted by atomic mass is 35.5. The van der Waals surface area contributed by atoms with Crippen molar-refractivity contribution >= 4 is 22.6 Å². The molecule has 2 nitrogen and oxygen atoms in total. The maximum absolute atomic E-state index is 12.9. The van der Waals surface area contributed by atoms with Crippen molar-refractivity contribution in [1.82, 2.24) is 9.97 Å². The molecular formula is C7H4ClFN2. The largest absolute Gasteiger partial charge is 0.346 e. The summed E-state index contributed by atoms with van der Waals surface area (Å²) in [5.41, 5.74) is 0.481. The van der Waals surface area contributed by atoms with Crippen LogP contribution in [-0.4, -0.2) is 9.97 Å².